The standard InChI is InChI=1S/C11H19N3O4/c1-11(2)17-8-7(5-4-6-13-14-12)16-10(15-3)9(8)18-11/h7-10H,4-6H2,1-3H3/t7-,8-,9-,10?/m1/s1. The second kappa shape index (κ2) is 5.42. The summed E-state index contributed by atoms with van der Waals surface area (Å²) < 4.78 is 22.6. The van der Waals surface area contributed by atoms with E-state index in [-0.39, 0.29) is 24.6 Å². The molecule has 0 aromatic carbocycles. The third kappa shape index (κ3) is 2.76. The van der Waals surface area contributed by atoms with Crippen LogP contribution >= 0.6 is 0 Å². The first-order valence-electron chi connectivity index (χ1n) is 6.12. The highest BCUT2D eigenvalue weighted by Crippen LogP contribution is 2.40. The summed E-state index contributed by atoms with van der Waals surface area (Å²) in [6.07, 6.45) is 0.764. The molecule has 2 fully saturated rings. The van der Waals surface area contributed by atoms with Gasteiger partial charge in [0, 0.05) is 18.6 Å². The molecule has 0 aromatic heterocycles. The molecule has 0 bridgehead atoms. The van der Waals surface area contributed by atoms with E-state index >= 15 is 0 Å². The summed E-state index contributed by atoms with van der Waals surface area (Å²) in [4.78, 5) is 2.72. The van der Waals surface area contributed by atoms with Crippen LogP contribution in [0.4, 0.5) is 0 Å². The highest BCUT2D eigenvalue weighted by Gasteiger charge is 2.55. The van der Waals surface area contributed by atoms with Gasteiger partial charge in [0.15, 0.2) is 12.1 Å². The second-order valence-corrected chi connectivity index (χ2v) is 4.94. The first-order chi connectivity index (χ1) is 8.57. The largest absolute Gasteiger partial charge is 0.353 e. The van der Waals surface area contributed by atoms with Gasteiger partial charge in [-0.1, -0.05) is 5.11 Å². The lowest BCUT2D eigenvalue weighted by Gasteiger charge is -2.23. The predicted molar refractivity (Wildman–Crippen MR) is 62.7 cm³/mol. The van der Waals surface area contributed by atoms with E-state index in [0.717, 1.165) is 12.8 Å². The molecule has 0 saturated carbocycles. The van der Waals surface area contributed by atoms with Crippen molar-refractivity contribution in [2.45, 2.75) is 57.1 Å². The van der Waals surface area contributed by atoms with Crippen LogP contribution in [0.2, 0.25) is 0 Å². The van der Waals surface area contributed by atoms with Gasteiger partial charge in [-0.2, -0.15) is 0 Å². The Morgan fingerprint density at radius 1 is 1.33 bits per heavy atom. The van der Waals surface area contributed by atoms with Crippen molar-refractivity contribution >= 4 is 0 Å². The summed E-state index contributed by atoms with van der Waals surface area (Å²) in [6.45, 7) is 4.24. The molecular formula is C11H19N3O4. The SMILES string of the molecule is COC1O[C@H](CCCN=[N+]=[N-])[C@H]2OC(C)(C)O[C@@H]12. The molecule has 0 aliphatic carbocycles. The van der Waals surface area contributed by atoms with Crippen molar-refractivity contribution in [3.05, 3.63) is 10.4 Å². The number of nitrogens with zero attached hydrogens (tertiary/aromatic N) is 3. The van der Waals surface area contributed by atoms with Crippen molar-refractivity contribution in [1.82, 2.24) is 0 Å². The van der Waals surface area contributed by atoms with Crippen LogP contribution in [0.25, 0.3) is 10.4 Å². The van der Waals surface area contributed by atoms with Crippen LogP contribution in [-0.2, 0) is 18.9 Å². The smallest absolute Gasteiger partial charge is 0.186 e. The Labute approximate surface area is 106 Å². The number of methoxy groups -OCH3 is 1. The van der Waals surface area contributed by atoms with Crippen molar-refractivity contribution in [2.75, 3.05) is 13.7 Å². The summed E-state index contributed by atoms with van der Waals surface area (Å²) in [5.74, 6) is -0.598. The quantitative estimate of drug-likeness (QED) is 0.326. The molecule has 2 heterocycles. The molecule has 0 N–H and O–H groups in total. The van der Waals surface area contributed by atoms with Crippen LogP contribution < -0.4 is 0 Å². The van der Waals surface area contributed by atoms with E-state index in [2.05, 4.69) is 10.0 Å². The van der Waals surface area contributed by atoms with E-state index in [1.807, 2.05) is 13.8 Å². The Balaban J connectivity index is 1.93. The number of fused-ring (bicyclic) bond motifs is 1. The third-order valence-corrected chi connectivity index (χ3v) is 3.15. The molecule has 2 saturated heterocycles. The van der Waals surface area contributed by atoms with Crippen molar-refractivity contribution in [3.8, 4) is 0 Å². The van der Waals surface area contributed by atoms with Gasteiger partial charge in [0.25, 0.3) is 0 Å². The highest BCUT2D eigenvalue weighted by atomic mass is 16.8. The van der Waals surface area contributed by atoms with E-state index in [1.54, 1.807) is 7.11 Å². The minimum atomic E-state index is -0.598. The molecule has 2 aliphatic heterocycles. The van der Waals surface area contributed by atoms with Crippen molar-refractivity contribution in [1.29, 1.82) is 0 Å². The van der Waals surface area contributed by atoms with Crippen LogP contribution in [0.1, 0.15) is 26.7 Å². The Kier molecular flexibility index (Phi) is 4.09. The summed E-state index contributed by atoms with van der Waals surface area (Å²) >= 11 is 0. The Hall–Kier alpha value is -0.850. The zero-order chi connectivity index (χ0) is 13.2. The highest BCUT2D eigenvalue weighted by molar-refractivity contribution is 4.94. The Morgan fingerprint density at radius 2 is 2.06 bits per heavy atom. The van der Waals surface area contributed by atoms with Crippen molar-refractivity contribution in [2.24, 2.45) is 5.11 Å². The van der Waals surface area contributed by atoms with E-state index in [9.17, 15) is 0 Å². The Morgan fingerprint density at radius 3 is 2.72 bits per heavy atom. The second-order valence-electron chi connectivity index (χ2n) is 4.94. The maximum absolute atomic E-state index is 8.22. The molecule has 2 aliphatic rings. The van der Waals surface area contributed by atoms with E-state index in [4.69, 9.17) is 24.5 Å². The topological polar surface area (TPSA) is 85.7 Å². The molecule has 0 spiro atoms. The fourth-order valence-electron chi connectivity index (χ4n) is 2.47. The molecule has 0 radical (unpaired) electrons. The molecule has 0 aromatic rings. The van der Waals surface area contributed by atoms with Gasteiger partial charge in [-0.05, 0) is 32.2 Å². The number of rotatable bonds is 5. The van der Waals surface area contributed by atoms with Gasteiger partial charge in [0.2, 0.25) is 0 Å². The first kappa shape index (κ1) is 13.6. The van der Waals surface area contributed by atoms with Gasteiger partial charge < -0.3 is 18.9 Å². The number of hydrogen-bond acceptors (Lipinski definition) is 5. The van der Waals surface area contributed by atoms with Gasteiger partial charge >= 0.3 is 0 Å². The molecule has 4 atom stereocenters. The maximum atomic E-state index is 8.22. The molecule has 1 unspecified atom stereocenters. The van der Waals surface area contributed by atoms with Crippen LogP contribution in [0, 0.1) is 0 Å². The van der Waals surface area contributed by atoms with E-state index in [0.29, 0.717) is 6.54 Å². The summed E-state index contributed by atoms with van der Waals surface area (Å²) in [7, 11) is 1.60. The molecule has 0 amide bonds. The van der Waals surface area contributed by atoms with E-state index in [1.165, 1.54) is 0 Å². The first-order valence-corrected chi connectivity index (χ1v) is 6.12. The molecular weight excluding hydrogens is 238 g/mol. The van der Waals surface area contributed by atoms with Gasteiger partial charge in [-0.25, -0.2) is 0 Å². The maximum Gasteiger partial charge on any atom is 0.186 e. The van der Waals surface area contributed by atoms with Crippen LogP contribution in [0.3, 0.4) is 0 Å². The number of azide groups is 1. The summed E-state index contributed by atoms with van der Waals surface area (Å²) in [5, 5.41) is 3.51. The Bertz CT molecular complexity index is 343. The minimum Gasteiger partial charge on any atom is -0.353 e. The van der Waals surface area contributed by atoms with Crippen LogP contribution in [-0.4, -0.2) is 44.0 Å². The monoisotopic (exact) mass is 257 g/mol. The van der Waals surface area contributed by atoms with Gasteiger partial charge in [0.05, 0.1) is 6.10 Å². The van der Waals surface area contributed by atoms with Crippen molar-refractivity contribution in [3.63, 3.8) is 0 Å². The normalized spacial score (nSPS) is 37.3. The number of hydrogen-bond donors (Lipinski definition) is 0. The summed E-state index contributed by atoms with van der Waals surface area (Å²) in [5.41, 5.74) is 8.22. The average molecular weight is 257 g/mol. The van der Waals surface area contributed by atoms with Crippen LogP contribution in [0.15, 0.2) is 5.11 Å². The van der Waals surface area contributed by atoms with Gasteiger partial charge in [0.1, 0.15) is 12.2 Å². The van der Waals surface area contributed by atoms with Crippen molar-refractivity contribution < 1.29 is 18.9 Å². The zero-order valence-corrected chi connectivity index (χ0v) is 10.9. The minimum absolute atomic E-state index is 0.0735. The van der Waals surface area contributed by atoms with Crippen LogP contribution in [0.5, 0.6) is 0 Å². The molecule has 7 nitrogen and oxygen atoms in total. The molecule has 102 valence electrons. The predicted octanol–water partition coefficient (Wildman–Crippen LogP) is 1.97. The summed E-state index contributed by atoms with van der Waals surface area (Å²) in [6, 6.07) is 0. The lowest BCUT2D eigenvalue weighted by Crippen LogP contribution is -2.30. The molecule has 2 rings (SSSR count). The lowest BCUT2D eigenvalue weighted by atomic mass is 10.1. The van der Waals surface area contributed by atoms with Gasteiger partial charge in [-0.15, -0.1) is 0 Å². The fraction of sp³-hybridized carbons (Fsp3) is 1.00. The van der Waals surface area contributed by atoms with E-state index < -0.39 is 5.79 Å². The molecule has 7 heteroatoms. The number of ether oxygens (including phenoxy) is 4. The zero-order valence-electron chi connectivity index (χ0n) is 10.9. The lowest BCUT2D eigenvalue weighted by molar-refractivity contribution is -0.227. The molecule has 18 heavy (non-hydrogen) atoms. The average Bonchev–Trinajstić information content (AvgIpc) is 2.78. The van der Waals surface area contributed by atoms with Gasteiger partial charge in [-0.3, -0.25) is 0 Å². The fourth-order valence-corrected chi connectivity index (χ4v) is 2.47. The third-order valence-electron chi connectivity index (χ3n) is 3.15.